The smallest absolute Gasteiger partial charge is 0.307 e. The number of hydrogen-bond donors (Lipinski definition) is 2. The third kappa shape index (κ3) is 6.13. The van der Waals surface area contributed by atoms with Crippen molar-refractivity contribution >= 4 is 11.9 Å². The number of aliphatic carboxylic acids is 1. The van der Waals surface area contributed by atoms with Gasteiger partial charge in [-0.05, 0) is 35.3 Å². The highest BCUT2D eigenvalue weighted by atomic mass is 16.4. The van der Waals surface area contributed by atoms with E-state index in [-0.39, 0.29) is 23.8 Å². The van der Waals surface area contributed by atoms with Crippen LogP contribution in [0.15, 0.2) is 24.3 Å². The molecule has 1 saturated heterocycles. The number of likely N-dealkylation sites (tertiary alicyclic amines) is 1. The molecule has 0 aromatic heterocycles. The van der Waals surface area contributed by atoms with Gasteiger partial charge in [-0.25, -0.2) is 0 Å². The molecule has 0 saturated carbocycles. The molecule has 1 fully saturated rings. The summed E-state index contributed by atoms with van der Waals surface area (Å²) < 4.78 is 0. The van der Waals surface area contributed by atoms with Crippen LogP contribution < -0.4 is 5.32 Å². The Morgan fingerprint density at radius 3 is 2.42 bits per heavy atom. The van der Waals surface area contributed by atoms with E-state index in [0.29, 0.717) is 25.4 Å². The third-order valence-electron chi connectivity index (χ3n) is 5.01. The van der Waals surface area contributed by atoms with E-state index in [4.69, 9.17) is 0 Å². The Morgan fingerprint density at radius 2 is 1.85 bits per heavy atom. The Labute approximate surface area is 156 Å². The van der Waals surface area contributed by atoms with Gasteiger partial charge in [-0.15, -0.1) is 0 Å². The zero-order chi connectivity index (χ0) is 19.3. The van der Waals surface area contributed by atoms with Crippen LogP contribution in [0.5, 0.6) is 0 Å². The number of nitrogens with zero attached hydrogens (tertiary/aromatic N) is 1. The van der Waals surface area contributed by atoms with E-state index in [1.54, 1.807) is 0 Å². The molecule has 2 unspecified atom stereocenters. The summed E-state index contributed by atoms with van der Waals surface area (Å²) in [5.74, 6) is -0.859. The summed E-state index contributed by atoms with van der Waals surface area (Å²) in [5.41, 5.74) is 2.65. The van der Waals surface area contributed by atoms with Crippen LogP contribution >= 0.6 is 0 Å². The molecular formula is C21H32N2O3. The van der Waals surface area contributed by atoms with Crippen LogP contribution in [0.2, 0.25) is 0 Å². The van der Waals surface area contributed by atoms with Gasteiger partial charge < -0.3 is 10.4 Å². The molecule has 0 aliphatic carbocycles. The maximum atomic E-state index is 12.2. The summed E-state index contributed by atoms with van der Waals surface area (Å²) >= 11 is 0. The summed E-state index contributed by atoms with van der Waals surface area (Å²) in [6, 6.07) is 8.55. The van der Waals surface area contributed by atoms with Gasteiger partial charge in [0.25, 0.3) is 0 Å². The molecule has 5 heteroatoms. The molecule has 1 aliphatic rings. The van der Waals surface area contributed by atoms with Crippen molar-refractivity contribution in [3.63, 3.8) is 0 Å². The lowest BCUT2D eigenvalue weighted by Crippen LogP contribution is -2.47. The van der Waals surface area contributed by atoms with Crippen LogP contribution in [-0.4, -0.2) is 48.1 Å². The maximum Gasteiger partial charge on any atom is 0.307 e. The van der Waals surface area contributed by atoms with Crippen LogP contribution in [0, 0.1) is 11.8 Å². The number of nitrogens with one attached hydrogen (secondary N) is 1. The molecule has 1 aromatic carbocycles. The molecule has 0 spiro atoms. The van der Waals surface area contributed by atoms with Gasteiger partial charge in [0.1, 0.15) is 0 Å². The summed E-state index contributed by atoms with van der Waals surface area (Å²) in [6.45, 7) is 10.7. The second-order valence-corrected chi connectivity index (χ2v) is 8.62. The van der Waals surface area contributed by atoms with Gasteiger partial charge in [-0.3, -0.25) is 14.5 Å². The van der Waals surface area contributed by atoms with Crippen molar-refractivity contribution in [1.82, 2.24) is 10.2 Å². The minimum absolute atomic E-state index is 0.0328. The number of rotatable bonds is 6. The zero-order valence-electron chi connectivity index (χ0n) is 16.4. The minimum atomic E-state index is -0.763. The fraction of sp³-hybridized carbons (Fsp3) is 0.619. The topological polar surface area (TPSA) is 69.6 Å². The Morgan fingerprint density at radius 1 is 1.19 bits per heavy atom. The molecular weight excluding hydrogens is 328 g/mol. The van der Waals surface area contributed by atoms with Crippen molar-refractivity contribution < 1.29 is 14.7 Å². The number of carbonyl (C=O) groups excluding carboxylic acids is 1. The average Bonchev–Trinajstić information content (AvgIpc) is 2.53. The van der Waals surface area contributed by atoms with Gasteiger partial charge in [0.05, 0.1) is 12.5 Å². The Balaban J connectivity index is 1.76. The van der Waals surface area contributed by atoms with Crippen molar-refractivity contribution in [2.75, 3.05) is 26.2 Å². The number of amides is 1. The SMILES string of the molecule is CC1CC(C(=O)O)CN(CC(=O)NCCc2ccc(C(C)(C)C)cc2)C1. The molecule has 1 amide bonds. The lowest BCUT2D eigenvalue weighted by atomic mass is 9.86. The number of hydrogen-bond acceptors (Lipinski definition) is 3. The molecule has 2 rings (SSSR count). The van der Waals surface area contributed by atoms with E-state index in [1.165, 1.54) is 11.1 Å². The summed E-state index contributed by atoms with van der Waals surface area (Å²) in [7, 11) is 0. The maximum absolute atomic E-state index is 12.2. The summed E-state index contributed by atoms with van der Waals surface area (Å²) in [5, 5.41) is 12.2. The number of piperidine rings is 1. The lowest BCUT2D eigenvalue weighted by Gasteiger charge is -2.34. The van der Waals surface area contributed by atoms with Crippen LogP contribution in [0.25, 0.3) is 0 Å². The average molecular weight is 360 g/mol. The zero-order valence-corrected chi connectivity index (χ0v) is 16.4. The third-order valence-corrected chi connectivity index (χ3v) is 5.01. The number of carboxylic acid groups (broad SMARTS) is 1. The first-order valence-corrected chi connectivity index (χ1v) is 9.46. The quantitative estimate of drug-likeness (QED) is 0.818. The molecule has 2 atom stereocenters. The van der Waals surface area contributed by atoms with Gasteiger partial charge in [0.2, 0.25) is 5.91 Å². The first-order chi connectivity index (χ1) is 12.1. The van der Waals surface area contributed by atoms with Gasteiger partial charge in [0.15, 0.2) is 0 Å². The second-order valence-electron chi connectivity index (χ2n) is 8.62. The molecule has 5 nitrogen and oxygen atoms in total. The highest BCUT2D eigenvalue weighted by Gasteiger charge is 2.30. The Hall–Kier alpha value is -1.88. The minimum Gasteiger partial charge on any atom is -0.481 e. The normalized spacial score (nSPS) is 21.4. The van der Waals surface area contributed by atoms with Crippen molar-refractivity contribution in [2.45, 2.75) is 46.0 Å². The van der Waals surface area contributed by atoms with Crippen LogP contribution in [-0.2, 0) is 21.4 Å². The lowest BCUT2D eigenvalue weighted by molar-refractivity contribution is -0.145. The predicted octanol–water partition coefficient (Wildman–Crippen LogP) is 2.69. The van der Waals surface area contributed by atoms with E-state index in [9.17, 15) is 14.7 Å². The largest absolute Gasteiger partial charge is 0.481 e. The first-order valence-electron chi connectivity index (χ1n) is 9.46. The Bertz CT molecular complexity index is 619. The first kappa shape index (κ1) is 20.4. The molecule has 1 heterocycles. The molecule has 144 valence electrons. The molecule has 1 aliphatic heterocycles. The fourth-order valence-electron chi connectivity index (χ4n) is 3.55. The molecule has 0 bridgehead atoms. The molecule has 1 aromatic rings. The monoisotopic (exact) mass is 360 g/mol. The van der Waals surface area contributed by atoms with E-state index >= 15 is 0 Å². The second kappa shape index (κ2) is 8.67. The molecule has 2 N–H and O–H groups in total. The molecule has 0 radical (unpaired) electrons. The van der Waals surface area contributed by atoms with Gasteiger partial charge >= 0.3 is 5.97 Å². The highest BCUT2D eigenvalue weighted by molar-refractivity contribution is 5.78. The Kier molecular flexibility index (Phi) is 6.81. The van der Waals surface area contributed by atoms with E-state index in [1.807, 2.05) is 11.8 Å². The van der Waals surface area contributed by atoms with Crippen molar-refractivity contribution in [2.24, 2.45) is 11.8 Å². The van der Waals surface area contributed by atoms with Crippen LogP contribution in [0.1, 0.15) is 45.2 Å². The van der Waals surface area contributed by atoms with Crippen molar-refractivity contribution in [3.05, 3.63) is 35.4 Å². The van der Waals surface area contributed by atoms with E-state index in [2.05, 4.69) is 50.4 Å². The van der Waals surface area contributed by atoms with E-state index in [0.717, 1.165) is 13.0 Å². The van der Waals surface area contributed by atoms with Gasteiger partial charge in [-0.2, -0.15) is 0 Å². The van der Waals surface area contributed by atoms with E-state index < -0.39 is 5.97 Å². The van der Waals surface area contributed by atoms with Gasteiger partial charge in [-0.1, -0.05) is 52.0 Å². The summed E-state index contributed by atoms with van der Waals surface area (Å²) in [4.78, 5) is 25.3. The predicted molar refractivity (Wildman–Crippen MR) is 103 cm³/mol. The van der Waals surface area contributed by atoms with Gasteiger partial charge in [0, 0.05) is 19.6 Å². The standard InChI is InChI=1S/C21H32N2O3/c1-15-11-17(20(25)26)13-23(12-15)14-19(24)22-10-9-16-5-7-18(8-6-16)21(2,3)4/h5-8,15,17H,9-14H2,1-4H3,(H,22,24)(H,25,26). The number of carbonyl (C=O) groups is 2. The highest BCUT2D eigenvalue weighted by Crippen LogP contribution is 2.22. The summed E-state index contributed by atoms with van der Waals surface area (Å²) in [6.07, 6.45) is 1.49. The van der Waals surface area contributed by atoms with Crippen LogP contribution in [0.3, 0.4) is 0 Å². The van der Waals surface area contributed by atoms with Crippen LogP contribution in [0.4, 0.5) is 0 Å². The molecule has 26 heavy (non-hydrogen) atoms. The number of benzene rings is 1. The fourth-order valence-corrected chi connectivity index (χ4v) is 3.55. The van der Waals surface area contributed by atoms with Crippen molar-refractivity contribution in [1.29, 1.82) is 0 Å². The number of carboxylic acids is 1. The van der Waals surface area contributed by atoms with Crippen molar-refractivity contribution in [3.8, 4) is 0 Å².